The van der Waals surface area contributed by atoms with E-state index in [2.05, 4.69) is 46.2 Å². The fourth-order valence-electron chi connectivity index (χ4n) is 5.41. The maximum atomic E-state index is 14.1. The molecule has 1 atom stereocenters. The van der Waals surface area contributed by atoms with Crippen LogP contribution in [0.3, 0.4) is 0 Å². The van der Waals surface area contributed by atoms with Crippen LogP contribution in [-0.4, -0.2) is 48.2 Å². The van der Waals surface area contributed by atoms with Gasteiger partial charge in [0.15, 0.2) is 0 Å². The SMILES string of the molecule is COc1cccc(NC(=O)N2Cc3c(sc4c3CCN(C)C4)-n3cccc3[C@@H]2c2cccc(OC)c2)c1. The van der Waals surface area contributed by atoms with E-state index in [-0.39, 0.29) is 12.1 Å². The summed E-state index contributed by atoms with van der Waals surface area (Å²) >= 11 is 1.85. The highest BCUT2D eigenvalue weighted by Gasteiger charge is 2.36. The lowest BCUT2D eigenvalue weighted by atomic mass is 10.00. The van der Waals surface area contributed by atoms with Gasteiger partial charge in [0, 0.05) is 41.5 Å². The van der Waals surface area contributed by atoms with Gasteiger partial charge < -0.3 is 29.2 Å². The van der Waals surface area contributed by atoms with Crippen LogP contribution < -0.4 is 14.8 Å². The van der Waals surface area contributed by atoms with Crippen molar-refractivity contribution < 1.29 is 14.3 Å². The quantitative estimate of drug-likeness (QED) is 0.381. The topological polar surface area (TPSA) is 59.0 Å². The van der Waals surface area contributed by atoms with Crippen molar-refractivity contribution in [2.75, 3.05) is 33.1 Å². The number of urea groups is 1. The summed E-state index contributed by atoms with van der Waals surface area (Å²) in [6, 6.07) is 19.2. The maximum Gasteiger partial charge on any atom is 0.322 e. The summed E-state index contributed by atoms with van der Waals surface area (Å²) in [5.74, 6) is 1.47. The van der Waals surface area contributed by atoms with Crippen LogP contribution in [0.1, 0.15) is 33.3 Å². The summed E-state index contributed by atoms with van der Waals surface area (Å²) in [4.78, 5) is 19.8. The predicted molar refractivity (Wildman–Crippen MR) is 146 cm³/mol. The fraction of sp³-hybridized carbons (Fsp3) is 0.276. The Balaban J connectivity index is 1.49. The molecule has 1 N–H and O–H groups in total. The molecule has 2 aromatic heterocycles. The van der Waals surface area contributed by atoms with Crippen molar-refractivity contribution in [3.8, 4) is 16.5 Å². The number of nitrogens with one attached hydrogen (secondary N) is 1. The van der Waals surface area contributed by atoms with Crippen molar-refractivity contribution in [1.29, 1.82) is 0 Å². The van der Waals surface area contributed by atoms with Gasteiger partial charge in [0.1, 0.15) is 16.5 Å². The lowest BCUT2D eigenvalue weighted by molar-refractivity contribution is 0.194. The van der Waals surface area contributed by atoms with E-state index >= 15 is 0 Å². The van der Waals surface area contributed by atoms with Crippen LogP contribution in [0.2, 0.25) is 0 Å². The Bertz CT molecular complexity index is 1460. The van der Waals surface area contributed by atoms with E-state index in [1.165, 1.54) is 21.0 Å². The number of carbonyl (C=O) groups is 1. The first-order valence-electron chi connectivity index (χ1n) is 12.4. The van der Waals surface area contributed by atoms with Crippen LogP contribution >= 0.6 is 11.3 Å². The second-order valence-corrected chi connectivity index (χ2v) is 10.6. The second-order valence-electron chi connectivity index (χ2n) is 9.55. The molecule has 0 radical (unpaired) electrons. The Kier molecular flexibility index (Phi) is 6.14. The summed E-state index contributed by atoms with van der Waals surface area (Å²) in [7, 11) is 5.46. The minimum atomic E-state index is -0.294. The van der Waals surface area contributed by atoms with E-state index in [1.807, 2.05) is 58.7 Å². The van der Waals surface area contributed by atoms with Gasteiger partial charge in [-0.25, -0.2) is 4.79 Å². The molecular weight excluding hydrogens is 484 g/mol. The van der Waals surface area contributed by atoms with Gasteiger partial charge in [0.25, 0.3) is 0 Å². The number of hydrogen-bond donors (Lipinski definition) is 1. The number of benzene rings is 2. The molecule has 0 fully saturated rings. The van der Waals surface area contributed by atoms with Crippen molar-refractivity contribution in [3.05, 3.63) is 94.1 Å². The number of hydrogen-bond acceptors (Lipinski definition) is 5. The molecule has 2 aliphatic heterocycles. The number of fused-ring (bicyclic) bond motifs is 5. The maximum absolute atomic E-state index is 14.1. The Morgan fingerprint density at radius 3 is 2.57 bits per heavy atom. The normalized spacial score (nSPS) is 16.8. The molecule has 7 nitrogen and oxygen atoms in total. The van der Waals surface area contributed by atoms with Gasteiger partial charge in [0.2, 0.25) is 0 Å². The third kappa shape index (κ3) is 4.26. The summed E-state index contributed by atoms with van der Waals surface area (Å²) in [6.07, 6.45) is 3.11. The monoisotopic (exact) mass is 514 g/mol. The van der Waals surface area contributed by atoms with E-state index in [1.54, 1.807) is 14.2 Å². The van der Waals surface area contributed by atoms with Crippen molar-refractivity contribution >= 4 is 23.1 Å². The minimum absolute atomic E-state index is 0.158. The molecule has 0 aliphatic carbocycles. The molecule has 190 valence electrons. The summed E-state index contributed by atoms with van der Waals surface area (Å²) in [5.41, 5.74) is 5.39. The highest BCUT2D eigenvalue weighted by Crippen LogP contribution is 2.44. The molecule has 8 heteroatoms. The first kappa shape index (κ1) is 23.6. The van der Waals surface area contributed by atoms with Gasteiger partial charge in [-0.1, -0.05) is 18.2 Å². The number of carbonyl (C=O) groups excluding carboxylic acids is 1. The highest BCUT2D eigenvalue weighted by atomic mass is 32.1. The zero-order valence-corrected chi connectivity index (χ0v) is 22.0. The molecule has 0 bridgehead atoms. The number of amides is 2. The number of ether oxygens (including phenoxy) is 2. The molecule has 37 heavy (non-hydrogen) atoms. The fourth-order valence-corrected chi connectivity index (χ4v) is 6.85. The number of likely N-dealkylation sites (N-methyl/N-ethyl adjacent to an activating group) is 1. The number of aromatic nitrogens is 1. The summed E-state index contributed by atoms with van der Waals surface area (Å²) in [5, 5.41) is 4.35. The highest BCUT2D eigenvalue weighted by molar-refractivity contribution is 7.15. The number of methoxy groups -OCH3 is 2. The molecule has 4 aromatic rings. The number of nitrogens with zero attached hydrogens (tertiary/aromatic N) is 3. The second kappa shape index (κ2) is 9.61. The zero-order chi connectivity index (χ0) is 25.5. The Morgan fingerprint density at radius 2 is 1.76 bits per heavy atom. The lowest BCUT2D eigenvalue weighted by Gasteiger charge is -2.32. The zero-order valence-electron chi connectivity index (χ0n) is 21.2. The van der Waals surface area contributed by atoms with Crippen LogP contribution in [0.25, 0.3) is 5.00 Å². The largest absolute Gasteiger partial charge is 0.497 e. The Hall–Kier alpha value is -3.75. The Labute approximate surface area is 220 Å². The van der Waals surface area contributed by atoms with Crippen molar-refractivity contribution in [2.24, 2.45) is 0 Å². The standard InChI is InChI=1S/C29H30N4O3S/c1-31-14-12-23-24-17-33(29(34)30-20-8-5-10-22(16-20)36-3)27(19-7-4-9-21(15-19)35-2)25-11-6-13-32(25)28(24)37-26(23)18-31/h4-11,13,15-16,27H,12,14,17-18H2,1-3H3,(H,30,34)/t27-/m0/s1. The molecule has 4 heterocycles. The molecule has 6 rings (SSSR count). The third-order valence-electron chi connectivity index (χ3n) is 7.25. The molecule has 0 unspecified atom stereocenters. The van der Waals surface area contributed by atoms with Crippen molar-refractivity contribution in [3.63, 3.8) is 0 Å². The van der Waals surface area contributed by atoms with E-state index < -0.39 is 0 Å². The van der Waals surface area contributed by atoms with Crippen molar-refractivity contribution in [1.82, 2.24) is 14.4 Å². The average molecular weight is 515 g/mol. The van der Waals surface area contributed by atoms with Gasteiger partial charge in [0.05, 0.1) is 32.5 Å². The molecular formula is C29H30N4O3S. The summed E-state index contributed by atoms with van der Waals surface area (Å²) < 4.78 is 13.2. The van der Waals surface area contributed by atoms with E-state index in [0.717, 1.165) is 36.5 Å². The number of rotatable bonds is 4. The lowest BCUT2D eigenvalue weighted by Crippen LogP contribution is -2.38. The molecule has 2 aromatic carbocycles. The molecule has 0 saturated carbocycles. The predicted octanol–water partition coefficient (Wildman–Crippen LogP) is 5.68. The smallest absolute Gasteiger partial charge is 0.322 e. The van der Waals surface area contributed by atoms with Gasteiger partial charge in [-0.05, 0) is 61.0 Å². The molecule has 2 amide bonds. The van der Waals surface area contributed by atoms with Gasteiger partial charge in [-0.15, -0.1) is 11.3 Å². The van der Waals surface area contributed by atoms with E-state index in [0.29, 0.717) is 18.0 Å². The first-order valence-corrected chi connectivity index (χ1v) is 13.2. The van der Waals surface area contributed by atoms with Crippen LogP contribution in [-0.2, 0) is 19.5 Å². The number of anilines is 1. The molecule has 0 saturated heterocycles. The van der Waals surface area contributed by atoms with Gasteiger partial charge in [-0.3, -0.25) is 0 Å². The summed E-state index contributed by atoms with van der Waals surface area (Å²) in [6.45, 7) is 2.48. The first-order chi connectivity index (χ1) is 18.1. The molecule has 2 aliphatic rings. The van der Waals surface area contributed by atoms with Gasteiger partial charge >= 0.3 is 6.03 Å². The van der Waals surface area contributed by atoms with Crippen LogP contribution in [0.4, 0.5) is 10.5 Å². The minimum Gasteiger partial charge on any atom is -0.497 e. The van der Waals surface area contributed by atoms with Crippen molar-refractivity contribution in [2.45, 2.75) is 25.6 Å². The van der Waals surface area contributed by atoms with E-state index in [4.69, 9.17) is 9.47 Å². The van der Waals surface area contributed by atoms with Crippen LogP contribution in [0.15, 0.2) is 66.9 Å². The Morgan fingerprint density at radius 1 is 0.973 bits per heavy atom. The van der Waals surface area contributed by atoms with Crippen LogP contribution in [0, 0.1) is 0 Å². The van der Waals surface area contributed by atoms with Gasteiger partial charge in [-0.2, -0.15) is 0 Å². The number of thiophene rings is 1. The third-order valence-corrected chi connectivity index (χ3v) is 8.51. The van der Waals surface area contributed by atoms with Crippen LogP contribution in [0.5, 0.6) is 11.5 Å². The van der Waals surface area contributed by atoms with E-state index in [9.17, 15) is 4.79 Å². The average Bonchev–Trinajstić information content (AvgIpc) is 3.50. The molecule has 0 spiro atoms.